The lowest BCUT2D eigenvalue weighted by Crippen LogP contribution is -2.04. The molecule has 104 valence electrons. The highest BCUT2D eigenvalue weighted by Crippen LogP contribution is 2.41. The molecule has 0 saturated heterocycles. The normalized spacial score (nSPS) is 14.5. The smallest absolute Gasteiger partial charge is 0.161 e. The van der Waals surface area contributed by atoms with Crippen LogP contribution >= 0.6 is 15.9 Å². The molecule has 20 heavy (non-hydrogen) atoms. The Labute approximate surface area is 126 Å². The van der Waals surface area contributed by atoms with E-state index in [0.717, 1.165) is 11.3 Å². The molecule has 1 saturated carbocycles. The zero-order valence-electron chi connectivity index (χ0n) is 11.3. The van der Waals surface area contributed by atoms with Crippen LogP contribution in [-0.4, -0.2) is 17.1 Å². The molecular formula is C15H16BrN3O. The van der Waals surface area contributed by atoms with Gasteiger partial charge in [0.05, 0.1) is 16.8 Å². The molecular weight excluding hydrogens is 318 g/mol. The van der Waals surface area contributed by atoms with Crippen LogP contribution in [0.25, 0.3) is 11.4 Å². The summed E-state index contributed by atoms with van der Waals surface area (Å²) in [7, 11) is 1.64. The third-order valence-corrected chi connectivity index (χ3v) is 4.28. The fourth-order valence-electron chi connectivity index (χ4n) is 2.22. The zero-order valence-corrected chi connectivity index (χ0v) is 12.9. The summed E-state index contributed by atoms with van der Waals surface area (Å²) in [6, 6.07) is 8.40. The van der Waals surface area contributed by atoms with Crippen LogP contribution in [-0.2, 0) is 11.3 Å². The molecule has 1 fully saturated rings. The molecule has 1 aliphatic carbocycles. The number of anilines is 1. The van der Waals surface area contributed by atoms with E-state index >= 15 is 0 Å². The lowest BCUT2D eigenvalue weighted by Gasteiger charge is -2.09. The fraction of sp³-hybridized carbons (Fsp3) is 0.333. The van der Waals surface area contributed by atoms with Crippen LogP contribution in [0.15, 0.2) is 28.7 Å². The quantitative estimate of drug-likeness (QED) is 0.929. The molecule has 4 nitrogen and oxygen atoms in total. The topological polar surface area (TPSA) is 61.0 Å². The van der Waals surface area contributed by atoms with Crippen molar-refractivity contribution in [2.45, 2.75) is 25.4 Å². The number of methoxy groups -OCH3 is 1. The van der Waals surface area contributed by atoms with Crippen molar-refractivity contribution in [1.82, 2.24) is 9.97 Å². The van der Waals surface area contributed by atoms with Gasteiger partial charge < -0.3 is 10.5 Å². The van der Waals surface area contributed by atoms with Crippen LogP contribution in [0.2, 0.25) is 0 Å². The van der Waals surface area contributed by atoms with Crippen molar-refractivity contribution in [2.24, 2.45) is 0 Å². The second kappa shape index (κ2) is 5.50. The van der Waals surface area contributed by atoms with Crippen molar-refractivity contribution >= 4 is 21.7 Å². The molecule has 1 aromatic carbocycles. The minimum absolute atomic E-state index is 0.405. The van der Waals surface area contributed by atoms with Gasteiger partial charge in [0.2, 0.25) is 0 Å². The van der Waals surface area contributed by atoms with E-state index in [1.165, 1.54) is 18.4 Å². The Kier molecular flexibility index (Phi) is 3.72. The lowest BCUT2D eigenvalue weighted by atomic mass is 10.1. The maximum Gasteiger partial charge on any atom is 0.161 e. The molecule has 0 amide bonds. The molecule has 0 radical (unpaired) electrons. The summed E-state index contributed by atoms with van der Waals surface area (Å²) in [6.45, 7) is 0.405. The predicted molar refractivity (Wildman–Crippen MR) is 82.3 cm³/mol. The van der Waals surface area contributed by atoms with E-state index in [0.29, 0.717) is 28.6 Å². The summed E-state index contributed by atoms with van der Waals surface area (Å²) >= 11 is 3.41. The van der Waals surface area contributed by atoms with E-state index in [1.807, 2.05) is 6.07 Å². The van der Waals surface area contributed by atoms with Gasteiger partial charge >= 0.3 is 0 Å². The fourth-order valence-corrected chi connectivity index (χ4v) is 2.51. The molecule has 0 aliphatic heterocycles. The number of rotatable bonds is 4. The van der Waals surface area contributed by atoms with Gasteiger partial charge in [-0.2, -0.15) is 0 Å². The first-order chi connectivity index (χ1) is 9.69. The van der Waals surface area contributed by atoms with Crippen molar-refractivity contribution in [3.8, 4) is 11.4 Å². The van der Waals surface area contributed by atoms with Gasteiger partial charge in [0.1, 0.15) is 5.82 Å². The first-order valence-corrected chi connectivity index (χ1v) is 7.39. The third kappa shape index (κ3) is 2.69. The van der Waals surface area contributed by atoms with Gasteiger partial charge in [-0.1, -0.05) is 18.2 Å². The number of benzene rings is 1. The van der Waals surface area contributed by atoms with Crippen LogP contribution < -0.4 is 5.73 Å². The highest BCUT2D eigenvalue weighted by Gasteiger charge is 2.23. The Bertz CT molecular complexity index is 641. The third-order valence-electron chi connectivity index (χ3n) is 3.42. The summed E-state index contributed by atoms with van der Waals surface area (Å²) in [4.78, 5) is 8.92. The summed E-state index contributed by atoms with van der Waals surface area (Å²) in [6.07, 6.45) is 2.56. The van der Waals surface area contributed by atoms with Crippen molar-refractivity contribution in [3.05, 3.63) is 40.0 Å². The number of hydrogen-bond donors (Lipinski definition) is 1. The minimum atomic E-state index is 0.405. The van der Waals surface area contributed by atoms with Crippen LogP contribution in [0, 0.1) is 0 Å². The Morgan fingerprint density at radius 1 is 1.35 bits per heavy atom. The Hall–Kier alpha value is -1.46. The summed E-state index contributed by atoms with van der Waals surface area (Å²) in [5, 5.41) is 0. The van der Waals surface area contributed by atoms with Gasteiger partial charge in [-0.15, -0.1) is 0 Å². The maximum atomic E-state index is 5.95. The first-order valence-electron chi connectivity index (χ1n) is 6.60. The Morgan fingerprint density at radius 3 is 2.85 bits per heavy atom. The molecule has 1 aromatic heterocycles. The molecule has 0 bridgehead atoms. The Balaban J connectivity index is 2.02. The van der Waals surface area contributed by atoms with Gasteiger partial charge in [-0.25, -0.2) is 9.97 Å². The number of aromatic nitrogens is 2. The van der Waals surface area contributed by atoms with Crippen LogP contribution in [0.1, 0.15) is 30.0 Å². The minimum Gasteiger partial charge on any atom is -0.383 e. The average Bonchev–Trinajstić information content (AvgIpc) is 3.28. The zero-order chi connectivity index (χ0) is 14.1. The van der Waals surface area contributed by atoms with Gasteiger partial charge in [-0.05, 0) is 46.3 Å². The number of nitrogens with two attached hydrogens (primary N) is 1. The predicted octanol–water partition coefficient (Wildman–Crippen LogP) is 3.51. The van der Waals surface area contributed by atoms with Gasteiger partial charge in [0.15, 0.2) is 5.82 Å². The first kappa shape index (κ1) is 13.5. The number of nitrogen functional groups attached to an aromatic ring is 1. The molecule has 5 heteroatoms. The SMILES string of the molecule is COCc1nc(-c2cccc(C3CC3)c2)nc(N)c1Br. The van der Waals surface area contributed by atoms with E-state index in [2.05, 4.69) is 44.1 Å². The maximum absolute atomic E-state index is 5.95. The van der Waals surface area contributed by atoms with Crippen molar-refractivity contribution in [3.63, 3.8) is 0 Å². The van der Waals surface area contributed by atoms with Crippen LogP contribution in [0.3, 0.4) is 0 Å². The molecule has 2 N–H and O–H groups in total. The van der Waals surface area contributed by atoms with Crippen LogP contribution in [0.4, 0.5) is 5.82 Å². The van der Waals surface area contributed by atoms with Gasteiger partial charge in [-0.3, -0.25) is 0 Å². The molecule has 2 aromatic rings. The molecule has 1 aliphatic rings. The number of halogens is 1. The molecule has 0 atom stereocenters. The van der Waals surface area contributed by atoms with E-state index in [1.54, 1.807) is 7.11 Å². The number of hydrogen-bond acceptors (Lipinski definition) is 4. The monoisotopic (exact) mass is 333 g/mol. The summed E-state index contributed by atoms with van der Waals surface area (Å²) < 4.78 is 5.86. The van der Waals surface area contributed by atoms with Crippen LogP contribution in [0.5, 0.6) is 0 Å². The summed E-state index contributed by atoms with van der Waals surface area (Å²) in [5.41, 5.74) is 9.08. The van der Waals surface area contributed by atoms with Crippen molar-refractivity contribution < 1.29 is 4.74 Å². The highest BCUT2D eigenvalue weighted by atomic mass is 79.9. The molecule has 3 rings (SSSR count). The number of ether oxygens (including phenoxy) is 1. The van der Waals surface area contributed by atoms with E-state index in [4.69, 9.17) is 10.5 Å². The van der Waals surface area contributed by atoms with Crippen molar-refractivity contribution in [1.29, 1.82) is 0 Å². The van der Waals surface area contributed by atoms with Crippen molar-refractivity contribution in [2.75, 3.05) is 12.8 Å². The average molecular weight is 334 g/mol. The molecule has 0 spiro atoms. The largest absolute Gasteiger partial charge is 0.383 e. The van der Waals surface area contributed by atoms with Gasteiger partial charge in [0.25, 0.3) is 0 Å². The van der Waals surface area contributed by atoms with E-state index < -0.39 is 0 Å². The van der Waals surface area contributed by atoms with Gasteiger partial charge in [0, 0.05) is 12.7 Å². The second-order valence-electron chi connectivity index (χ2n) is 5.03. The standard InChI is InChI=1S/C15H16BrN3O/c1-20-8-12-13(16)14(17)19-15(18-12)11-4-2-3-10(7-11)9-5-6-9/h2-4,7,9H,5-6,8H2,1H3,(H2,17,18,19). The second-order valence-corrected chi connectivity index (χ2v) is 5.82. The lowest BCUT2D eigenvalue weighted by molar-refractivity contribution is 0.181. The molecule has 1 heterocycles. The number of nitrogens with zero attached hydrogens (tertiary/aromatic N) is 2. The summed E-state index contributed by atoms with van der Waals surface area (Å²) in [5.74, 6) is 1.81. The van der Waals surface area contributed by atoms with E-state index in [9.17, 15) is 0 Å². The Morgan fingerprint density at radius 2 is 2.15 bits per heavy atom. The molecule has 0 unspecified atom stereocenters. The van der Waals surface area contributed by atoms with E-state index in [-0.39, 0.29) is 0 Å². The highest BCUT2D eigenvalue weighted by molar-refractivity contribution is 9.10.